The third-order valence-corrected chi connectivity index (χ3v) is 4.14. The zero-order valence-electron chi connectivity index (χ0n) is 11.8. The Morgan fingerprint density at radius 2 is 2.00 bits per heavy atom. The molecule has 0 radical (unpaired) electrons. The molecule has 106 valence electrons. The van der Waals surface area contributed by atoms with Crippen molar-refractivity contribution in [3.8, 4) is 5.69 Å². The minimum Gasteiger partial charge on any atom is -0.469 e. The Balaban J connectivity index is 1.60. The lowest BCUT2D eigenvalue weighted by molar-refractivity contribution is 0.461. The van der Waals surface area contributed by atoms with E-state index in [1.807, 2.05) is 12.1 Å². The lowest BCUT2D eigenvalue weighted by Gasteiger charge is -2.24. The smallest absolute Gasteiger partial charge is 0.109 e. The molecule has 0 amide bonds. The largest absolute Gasteiger partial charge is 0.469 e. The Bertz CT molecular complexity index is 727. The van der Waals surface area contributed by atoms with Crippen LogP contribution in [-0.4, -0.2) is 4.57 Å². The average molecular weight is 278 g/mol. The molecule has 0 spiro atoms. The molecular weight excluding hydrogens is 260 g/mol. The van der Waals surface area contributed by atoms with E-state index in [1.54, 1.807) is 6.26 Å². The van der Waals surface area contributed by atoms with E-state index in [1.165, 1.54) is 17.7 Å². The zero-order valence-corrected chi connectivity index (χ0v) is 11.8. The fourth-order valence-corrected chi connectivity index (χ4v) is 3.10. The lowest BCUT2D eigenvalue weighted by Crippen LogP contribution is -2.15. The summed E-state index contributed by atoms with van der Waals surface area (Å²) < 4.78 is 7.68. The topological polar surface area (TPSA) is 30.1 Å². The molecule has 4 rings (SSSR count). The second kappa shape index (κ2) is 5.17. The summed E-state index contributed by atoms with van der Waals surface area (Å²) in [6.07, 6.45) is 9.32. The third kappa shape index (κ3) is 2.35. The van der Waals surface area contributed by atoms with Crippen LogP contribution < -0.4 is 5.32 Å². The van der Waals surface area contributed by atoms with E-state index in [-0.39, 0.29) is 0 Å². The Kier molecular flexibility index (Phi) is 3.03. The maximum Gasteiger partial charge on any atom is 0.109 e. The van der Waals surface area contributed by atoms with Gasteiger partial charge in [0, 0.05) is 35.8 Å². The van der Waals surface area contributed by atoms with Crippen molar-refractivity contribution in [2.45, 2.75) is 25.3 Å². The van der Waals surface area contributed by atoms with Crippen LogP contribution in [0.15, 0.2) is 65.5 Å². The molecule has 2 heterocycles. The molecule has 1 atom stereocenters. The molecule has 0 saturated carbocycles. The summed E-state index contributed by atoms with van der Waals surface area (Å²) in [7, 11) is 0. The highest BCUT2D eigenvalue weighted by atomic mass is 16.3. The molecular formula is C18H18N2O. The van der Waals surface area contributed by atoms with Crippen molar-refractivity contribution in [3.63, 3.8) is 0 Å². The van der Waals surface area contributed by atoms with Gasteiger partial charge in [-0.2, -0.15) is 0 Å². The Hall–Kier alpha value is -2.42. The number of rotatable bonds is 3. The van der Waals surface area contributed by atoms with Gasteiger partial charge >= 0.3 is 0 Å². The molecule has 1 aromatic carbocycles. The van der Waals surface area contributed by atoms with E-state index in [9.17, 15) is 0 Å². The van der Waals surface area contributed by atoms with Gasteiger partial charge in [-0.3, -0.25) is 0 Å². The predicted octanol–water partition coefficient (Wildman–Crippen LogP) is 4.56. The highest BCUT2D eigenvalue weighted by molar-refractivity contribution is 5.53. The maximum absolute atomic E-state index is 5.56. The van der Waals surface area contributed by atoms with Gasteiger partial charge in [0.1, 0.15) is 5.76 Å². The average Bonchev–Trinajstić information content (AvgIpc) is 3.20. The van der Waals surface area contributed by atoms with Gasteiger partial charge in [0.25, 0.3) is 0 Å². The van der Waals surface area contributed by atoms with Crippen molar-refractivity contribution in [2.75, 3.05) is 5.32 Å². The minimum absolute atomic E-state index is 0.354. The second-order valence-electron chi connectivity index (χ2n) is 5.53. The Labute approximate surface area is 124 Å². The Morgan fingerprint density at radius 3 is 2.90 bits per heavy atom. The Morgan fingerprint density at radius 1 is 1.10 bits per heavy atom. The highest BCUT2D eigenvalue weighted by Crippen LogP contribution is 2.33. The molecule has 0 bridgehead atoms. The van der Waals surface area contributed by atoms with Crippen molar-refractivity contribution in [2.24, 2.45) is 0 Å². The molecule has 2 aromatic heterocycles. The number of benzene rings is 1. The number of nitrogens with one attached hydrogen (secondary N) is 1. The van der Waals surface area contributed by atoms with Crippen LogP contribution in [0.25, 0.3) is 5.69 Å². The van der Waals surface area contributed by atoms with Crippen LogP contribution in [0.5, 0.6) is 0 Å². The number of furan rings is 1. The van der Waals surface area contributed by atoms with Gasteiger partial charge in [0.15, 0.2) is 0 Å². The van der Waals surface area contributed by atoms with Gasteiger partial charge in [-0.15, -0.1) is 0 Å². The maximum atomic E-state index is 5.56. The van der Waals surface area contributed by atoms with E-state index in [0.29, 0.717) is 6.04 Å². The number of hydrogen-bond donors (Lipinski definition) is 1. The van der Waals surface area contributed by atoms with Crippen LogP contribution in [0.1, 0.15) is 30.2 Å². The summed E-state index contributed by atoms with van der Waals surface area (Å²) >= 11 is 0. The minimum atomic E-state index is 0.354. The van der Waals surface area contributed by atoms with E-state index >= 15 is 0 Å². The van der Waals surface area contributed by atoms with Gasteiger partial charge < -0.3 is 14.3 Å². The number of aryl methyl sites for hydroxylation is 1. The molecule has 21 heavy (non-hydrogen) atoms. The fourth-order valence-electron chi connectivity index (χ4n) is 3.10. The number of fused-ring (bicyclic) bond motifs is 1. The summed E-state index contributed by atoms with van der Waals surface area (Å²) in [4.78, 5) is 0. The number of nitrogens with zero attached hydrogens (tertiary/aromatic N) is 1. The molecule has 1 aliphatic rings. The standard InChI is InChI=1S/C18H18N2O/c1-2-11-20(10-1)15-6-3-5-14(13-15)19-17-7-4-8-18-16(17)9-12-21-18/h1-3,5-6,9-13,17,19H,4,7-8H2. The highest BCUT2D eigenvalue weighted by Gasteiger charge is 2.22. The summed E-state index contributed by atoms with van der Waals surface area (Å²) in [5, 5.41) is 3.65. The van der Waals surface area contributed by atoms with Crippen LogP contribution in [0.3, 0.4) is 0 Å². The van der Waals surface area contributed by atoms with Crippen LogP contribution >= 0.6 is 0 Å². The zero-order chi connectivity index (χ0) is 14.1. The molecule has 1 N–H and O–H groups in total. The van der Waals surface area contributed by atoms with E-state index in [0.717, 1.165) is 24.3 Å². The van der Waals surface area contributed by atoms with Gasteiger partial charge in [-0.05, 0) is 49.2 Å². The number of aromatic nitrogens is 1. The van der Waals surface area contributed by atoms with Gasteiger partial charge in [-0.1, -0.05) is 6.07 Å². The molecule has 0 saturated heterocycles. The first-order valence-electron chi connectivity index (χ1n) is 7.46. The second-order valence-corrected chi connectivity index (χ2v) is 5.53. The van der Waals surface area contributed by atoms with Crippen molar-refractivity contribution in [3.05, 3.63) is 72.4 Å². The molecule has 1 aliphatic carbocycles. The van der Waals surface area contributed by atoms with Gasteiger partial charge in [0.05, 0.1) is 12.3 Å². The van der Waals surface area contributed by atoms with Crippen LogP contribution in [0.4, 0.5) is 5.69 Å². The quantitative estimate of drug-likeness (QED) is 0.761. The summed E-state index contributed by atoms with van der Waals surface area (Å²) in [6, 6.07) is 15.1. The lowest BCUT2D eigenvalue weighted by atomic mass is 9.93. The molecule has 3 aromatic rings. The monoisotopic (exact) mass is 278 g/mol. The third-order valence-electron chi connectivity index (χ3n) is 4.14. The first kappa shape index (κ1) is 12.3. The number of hydrogen-bond acceptors (Lipinski definition) is 2. The SMILES string of the molecule is c1cc(NC2CCCc3occc32)cc(-n2cccc2)c1. The first-order chi connectivity index (χ1) is 10.4. The fraction of sp³-hybridized carbons (Fsp3) is 0.222. The van der Waals surface area contributed by atoms with Crippen LogP contribution in [-0.2, 0) is 6.42 Å². The summed E-state index contributed by atoms with van der Waals surface area (Å²) in [6.45, 7) is 0. The molecule has 3 nitrogen and oxygen atoms in total. The molecule has 3 heteroatoms. The molecule has 0 fully saturated rings. The molecule has 0 aliphatic heterocycles. The van der Waals surface area contributed by atoms with Crippen molar-refractivity contribution < 1.29 is 4.42 Å². The molecule has 1 unspecified atom stereocenters. The summed E-state index contributed by atoms with van der Waals surface area (Å²) in [5.74, 6) is 1.14. The van der Waals surface area contributed by atoms with Crippen molar-refractivity contribution in [1.82, 2.24) is 4.57 Å². The normalized spacial score (nSPS) is 17.4. The number of anilines is 1. The van der Waals surface area contributed by atoms with Crippen LogP contribution in [0, 0.1) is 0 Å². The van der Waals surface area contributed by atoms with E-state index in [2.05, 4.69) is 52.6 Å². The van der Waals surface area contributed by atoms with E-state index in [4.69, 9.17) is 4.42 Å². The first-order valence-corrected chi connectivity index (χ1v) is 7.46. The van der Waals surface area contributed by atoms with E-state index < -0.39 is 0 Å². The van der Waals surface area contributed by atoms with Crippen molar-refractivity contribution >= 4 is 5.69 Å². The van der Waals surface area contributed by atoms with Crippen molar-refractivity contribution in [1.29, 1.82) is 0 Å². The van der Waals surface area contributed by atoms with Crippen LogP contribution in [0.2, 0.25) is 0 Å². The predicted molar refractivity (Wildman–Crippen MR) is 83.8 cm³/mol. The van der Waals surface area contributed by atoms with Gasteiger partial charge in [-0.25, -0.2) is 0 Å². The summed E-state index contributed by atoms with van der Waals surface area (Å²) in [5.41, 5.74) is 3.64. The van der Waals surface area contributed by atoms with Gasteiger partial charge in [0.2, 0.25) is 0 Å².